The average Bonchev–Trinajstić information content (AvgIpc) is 2.50. The van der Waals surface area contributed by atoms with Gasteiger partial charge in [-0.25, -0.2) is 0 Å². The Bertz CT molecular complexity index is 196. The van der Waals surface area contributed by atoms with Gasteiger partial charge in [0.15, 0.2) is 0 Å². The molecule has 1 nitrogen and oxygen atoms in total. The molecule has 0 amide bonds. The van der Waals surface area contributed by atoms with Gasteiger partial charge >= 0.3 is 0 Å². The molecule has 0 bridgehead atoms. The van der Waals surface area contributed by atoms with Crippen LogP contribution in [0, 0.1) is 0 Å². The fourth-order valence-corrected chi connectivity index (χ4v) is 3.66. The molecule has 1 fully saturated rings. The lowest BCUT2D eigenvalue weighted by Crippen LogP contribution is -2.38. The van der Waals surface area contributed by atoms with Crippen LogP contribution in [-0.2, 0) is 0 Å². The summed E-state index contributed by atoms with van der Waals surface area (Å²) in [6, 6.07) is 0.924. The molecular weight excluding hydrogens is 242 g/mol. The summed E-state index contributed by atoms with van der Waals surface area (Å²) in [7, 11) is 0. The highest BCUT2D eigenvalue weighted by Crippen LogP contribution is 2.23. The van der Waals surface area contributed by atoms with Crippen molar-refractivity contribution in [2.45, 2.75) is 110 Å². The zero-order valence-electron chi connectivity index (χ0n) is 14.3. The zero-order valence-corrected chi connectivity index (χ0v) is 14.3. The van der Waals surface area contributed by atoms with Crippen LogP contribution < -0.4 is 0 Å². The molecule has 0 heterocycles. The molecule has 20 heavy (non-hydrogen) atoms. The predicted molar refractivity (Wildman–Crippen MR) is 91.3 cm³/mol. The second-order valence-electron chi connectivity index (χ2n) is 6.80. The first-order valence-corrected chi connectivity index (χ1v) is 9.62. The first-order chi connectivity index (χ1) is 9.88. The van der Waals surface area contributed by atoms with Crippen molar-refractivity contribution in [2.75, 3.05) is 13.1 Å². The van der Waals surface area contributed by atoms with E-state index >= 15 is 0 Å². The first-order valence-electron chi connectivity index (χ1n) is 9.62. The van der Waals surface area contributed by atoms with Crippen molar-refractivity contribution in [3.8, 4) is 0 Å². The Morgan fingerprint density at radius 2 is 1.25 bits per heavy atom. The van der Waals surface area contributed by atoms with E-state index in [-0.39, 0.29) is 0 Å². The Balaban J connectivity index is 2.03. The summed E-state index contributed by atoms with van der Waals surface area (Å²) in [6.45, 7) is 7.34. The highest BCUT2D eigenvalue weighted by molar-refractivity contribution is 4.75. The summed E-state index contributed by atoms with van der Waals surface area (Å²) in [5, 5.41) is 0. The molecule has 0 atom stereocenters. The highest BCUT2D eigenvalue weighted by atomic mass is 15.1. The Morgan fingerprint density at radius 1 is 0.650 bits per heavy atom. The van der Waals surface area contributed by atoms with Crippen molar-refractivity contribution in [1.29, 1.82) is 0 Å². The van der Waals surface area contributed by atoms with E-state index in [0.29, 0.717) is 0 Å². The second kappa shape index (κ2) is 12.7. The van der Waals surface area contributed by atoms with E-state index in [2.05, 4.69) is 18.7 Å². The van der Waals surface area contributed by atoms with Gasteiger partial charge in [-0.2, -0.15) is 0 Å². The van der Waals surface area contributed by atoms with Crippen LogP contribution in [0.4, 0.5) is 0 Å². The highest BCUT2D eigenvalue weighted by Gasteiger charge is 2.19. The SMILES string of the molecule is CCCCCCCCCCN(CCC)C1CCCCC1. The molecule has 120 valence electrons. The molecule has 0 spiro atoms. The van der Waals surface area contributed by atoms with Crippen molar-refractivity contribution in [3.05, 3.63) is 0 Å². The lowest BCUT2D eigenvalue weighted by molar-refractivity contribution is 0.153. The van der Waals surface area contributed by atoms with E-state index in [4.69, 9.17) is 0 Å². The van der Waals surface area contributed by atoms with Gasteiger partial charge in [-0.05, 0) is 38.8 Å². The minimum absolute atomic E-state index is 0.924. The molecule has 0 aromatic rings. The number of unbranched alkanes of at least 4 members (excludes halogenated alkanes) is 7. The normalized spacial score (nSPS) is 16.9. The molecule has 0 aliphatic heterocycles. The Labute approximate surface area is 128 Å². The molecule has 1 rings (SSSR count). The summed E-state index contributed by atoms with van der Waals surface area (Å²) in [6.07, 6.45) is 20.3. The van der Waals surface area contributed by atoms with Crippen LogP contribution in [0.5, 0.6) is 0 Å². The van der Waals surface area contributed by atoms with Crippen molar-refractivity contribution < 1.29 is 0 Å². The molecule has 1 aliphatic rings. The van der Waals surface area contributed by atoms with Gasteiger partial charge in [0.2, 0.25) is 0 Å². The molecule has 0 radical (unpaired) electrons. The minimum atomic E-state index is 0.924. The van der Waals surface area contributed by atoms with E-state index in [1.807, 2.05) is 0 Å². The van der Waals surface area contributed by atoms with Crippen LogP contribution >= 0.6 is 0 Å². The van der Waals surface area contributed by atoms with Crippen molar-refractivity contribution in [1.82, 2.24) is 4.90 Å². The Kier molecular flexibility index (Phi) is 11.4. The van der Waals surface area contributed by atoms with E-state index in [1.165, 1.54) is 103 Å². The van der Waals surface area contributed by atoms with Crippen molar-refractivity contribution in [3.63, 3.8) is 0 Å². The molecule has 0 saturated heterocycles. The van der Waals surface area contributed by atoms with Crippen LogP contribution in [-0.4, -0.2) is 24.0 Å². The number of nitrogens with zero attached hydrogens (tertiary/aromatic N) is 1. The first kappa shape index (κ1) is 18.0. The third-order valence-electron chi connectivity index (χ3n) is 4.90. The monoisotopic (exact) mass is 281 g/mol. The molecule has 0 unspecified atom stereocenters. The minimum Gasteiger partial charge on any atom is -0.300 e. The van der Waals surface area contributed by atoms with Gasteiger partial charge in [0, 0.05) is 6.04 Å². The van der Waals surface area contributed by atoms with Crippen LogP contribution in [0.1, 0.15) is 104 Å². The van der Waals surface area contributed by atoms with E-state index in [0.717, 1.165) is 6.04 Å². The fourth-order valence-electron chi connectivity index (χ4n) is 3.66. The molecule has 0 aromatic heterocycles. The summed E-state index contributed by atoms with van der Waals surface area (Å²) in [5.41, 5.74) is 0. The maximum absolute atomic E-state index is 2.82. The standard InChI is InChI=1S/C19H39N/c1-3-5-6-7-8-9-10-14-18-20(17-4-2)19-15-12-11-13-16-19/h19H,3-18H2,1-2H3. The van der Waals surface area contributed by atoms with Gasteiger partial charge in [0.1, 0.15) is 0 Å². The van der Waals surface area contributed by atoms with Gasteiger partial charge < -0.3 is 4.90 Å². The third kappa shape index (κ3) is 8.29. The molecule has 0 N–H and O–H groups in total. The summed E-state index contributed by atoms with van der Waals surface area (Å²) >= 11 is 0. The zero-order chi connectivity index (χ0) is 14.5. The maximum atomic E-state index is 2.82. The largest absolute Gasteiger partial charge is 0.300 e. The van der Waals surface area contributed by atoms with Crippen LogP contribution in [0.3, 0.4) is 0 Å². The second-order valence-corrected chi connectivity index (χ2v) is 6.80. The topological polar surface area (TPSA) is 3.24 Å². The molecular formula is C19H39N. The summed E-state index contributed by atoms with van der Waals surface area (Å²) in [5.74, 6) is 0. The smallest absolute Gasteiger partial charge is 0.00952 e. The number of hydrogen-bond donors (Lipinski definition) is 0. The summed E-state index contributed by atoms with van der Waals surface area (Å²) < 4.78 is 0. The maximum Gasteiger partial charge on any atom is 0.00952 e. The fraction of sp³-hybridized carbons (Fsp3) is 1.00. The van der Waals surface area contributed by atoms with Crippen LogP contribution in [0.2, 0.25) is 0 Å². The van der Waals surface area contributed by atoms with E-state index in [1.54, 1.807) is 0 Å². The average molecular weight is 282 g/mol. The third-order valence-corrected chi connectivity index (χ3v) is 4.90. The van der Waals surface area contributed by atoms with Crippen LogP contribution in [0.25, 0.3) is 0 Å². The molecule has 0 aromatic carbocycles. The van der Waals surface area contributed by atoms with E-state index < -0.39 is 0 Å². The Hall–Kier alpha value is -0.0400. The van der Waals surface area contributed by atoms with Gasteiger partial charge in [0.05, 0.1) is 0 Å². The molecule has 1 heteroatoms. The Morgan fingerprint density at radius 3 is 1.85 bits per heavy atom. The molecule has 1 aliphatic carbocycles. The summed E-state index contributed by atoms with van der Waals surface area (Å²) in [4.78, 5) is 2.82. The van der Waals surface area contributed by atoms with Gasteiger partial charge in [-0.1, -0.05) is 78.1 Å². The van der Waals surface area contributed by atoms with Crippen LogP contribution in [0.15, 0.2) is 0 Å². The lowest BCUT2D eigenvalue weighted by atomic mass is 9.94. The number of rotatable bonds is 12. The lowest BCUT2D eigenvalue weighted by Gasteiger charge is -2.34. The van der Waals surface area contributed by atoms with Crippen molar-refractivity contribution in [2.24, 2.45) is 0 Å². The van der Waals surface area contributed by atoms with Gasteiger partial charge in [-0.3, -0.25) is 0 Å². The molecule has 1 saturated carbocycles. The van der Waals surface area contributed by atoms with Crippen molar-refractivity contribution >= 4 is 0 Å². The van der Waals surface area contributed by atoms with Gasteiger partial charge in [-0.15, -0.1) is 0 Å². The number of hydrogen-bond acceptors (Lipinski definition) is 1. The van der Waals surface area contributed by atoms with E-state index in [9.17, 15) is 0 Å². The predicted octanol–water partition coefficient (Wildman–Crippen LogP) is 6.17. The quantitative estimate of drug-likeness (QED) is 0.386. The van der Waals surface area contributed by atoms with Gasteiger partial charge in [0.25, 0.3) is 0 Å².